The van der Waals surface area contributed by atoms with Gasteiger partial charge in [0.2, 0.25) is 0 Å². The smallest absolute Gasteiger partial charge is 0.139 e. The molecule has 3 rings (SSSR count). The second-order valence-corrected chi connectivity index (χ2v) is 4.17. The van der Waals surface area contributed by atoms with Crippen molar-refractivity contribution in [1.82, 2.24) is 9.97 Å². The van der Waals surface area contributed by atoms with Crippen molar-refractivity contribution in [1.29, 1.82) is 0 Å². The molecule has 2 heterocycles. The lowest BCUT2D eigenvalue weighted by atomic mass is 10.3. The van der Waals surface area contributed by atoms with Gasteiger partial charge in [-0.05, 0) is 30.3 Å². The molecular formula is C13H10ClN3. The number of pyridine rings is 1. The van der Waals surface area contributed by atoms with Gasteiger partial charge in [-0.1, -0.05) is 17.7 Å². The number of benzene rings is 1. The molecule has 0 aliphatic carbocycles. The monoisotopic (exact) mass is 243 g/mol. The molecule has 0 aliphatic rings. The van der Waals surface area contributed by atoms with Gasteiger partial charge in [0.05, 0.1) is 5.52 Å². The molecule has 0 aliphatic heterocycles. The molecule has 4 heteroatoms. The van der Waals surface area contributed by atoms with E-state index in [0.717, 1.165) is 22.4 Å². The van der Waals surface area contributed by atoms with Gasteiger partial charge in [0.15, 0.2) is 0 Å². The molecule has 84 valence electrons. The highest BCUT2D eigenvalue weighted by Crippen LogP contribution is 2.24. The lowest BCUT2D eigenvalue weighted by molar-refractivity contribution is 1.33. The predicted molar refractivity (Wildman–Crippen MR) is 70.8 cm³/mol. The standard InChI is InChI=1S/C13H10ClN3/c14-9-2-1-3-10(8-9)17-13-11-4-6-15-12(11)5-7-16-13/h1-8,15H,(H,16,17). The van der Waals surface area contributed by atoms with Gasteiger partial charge in [0.1, 0.15) is 5.82 Å². The quantitative estimate of drug-likeness (QED) is 0.715. The second kappa shape index (κ2) is 4.11. The van der Waals surface area contributed by atoms with Crippen LogP contribution in [0.15, 0.2) is 48.8 Å². The molecule has 3 aromatic rings. The van der Waals surface area contributed by atoms with Crippen LogP contribution < -0.4 is 5.32 Å². The number of rotatable bonds is 2. The van der Waals surface area contributed by atoms with Crippen LogP contribution in [0.4, 0.5) is 11.5 Å². The van der Waals surface area contributed by atoms with Crippen LogP contribution in [0.25, 0.3) is 10.9 Å². The van der Waals surface area contributed by atoms with E-state index in [9.17, 15) is 0 Å². The van der Waals surface area contributed by atoms with Crippen LogP contribution in [0.5, 0.6) is 0 Å². The highest BCUT2D eigenvalue weighted by molar-refractivity contribution is 6.30. The first kappa shape index (κ1) is 10.2. The molecule has 0 saturated heterocycles. The van der Waals surface area contributed by atoms with Crippen LogP contribution >= 0.6 is 11.6 Å². The Labute approximate surface area is 103 Å². The van der Waals surface area contributed by atoms with Crippen molar-refractivity contribution in [3.05, 3.63) is 53.8 Å². The largest absolute Gasteiger partial charge is 0.361 e. The Kier molecular flexibility index (Phi) is 2.46. The molecule has 0 amide bonds. The van der Waals surface area contributed by atoms with E-state index in [0.29, 0.717) is 5.02 Å². The first-order valence-corrected chi connectivity index (χ1v) is 5.65. The van der Waals surface area contributed by atoms with Gasteiger partial charge < -0.3 is 10.3 Å². The molecule has 0 saturated carbocycles. The van der Waals surface area contributed by atoms with Gasteiger partial charge in [-0.25, -0.2) is 4.98 Å². The molecule has 0 bridgehead atoms. The van der Waals surface area contributed by atoms with E-state index in [-0.39, 0.29) is 0 Å². The summed E-state index contributed by atoms with van der Waals surface area (Å²) in [5.41, 5.74) is 1.99. The van der Waals surface area contributed by atoms with Crippen molar-refractivity contribution in [2.45, 2.75) is 0 Å². The summed E-state index contributed by atoms with van der Waals surface area (Å²) in [7, 11) is 0. The van der Waals surface area contributed by atoms with Crippen LogP contribution in [0.1, 0.15) is 0 Å². The normalized spacial score (nSPS) is 10.6. The van der Waals surface area contributed by atoms with Crippen LogP contribution in [-0.4, -0.2) is 9.97 Å². The highest BCUT2D eigenvalue weighted by atomic mass is 35.5. The summed E-state index contributed by atoms with van der Waals surface area (Å²) in [5, 5.41) is 5.03. The number of aromatic nitrogens is 2. The summed E-state index contributed by atoms with van der Waals surface area (Å²) in [4.78, 5) is 7.48. The zero-order chi connectivity index (χ0) is 11.7. The number of H-pyrrole nitrogens is 1. The lowest BCUT2D eigenvalue weighted by Gasteiger charge is -2.06. The Balaban J connectivity index is 2.02. The summed E-state index contributed by atoms with van der Waals surface area (Å²) < 4.78 is 0. The number of nitrogens with one attached hydrogen (secondary N) is 2. The van der Waals surface area contributed by atoms with E-state index in [1.807, 2.05) is 42.6 Å². The molecule has 1 aromatic carbocycles. The molecule has 0 atom stereocenters. The third-order valence-corrected chi connectivity index (χ3v) is 2.80. The van der Waals surface area contributed by atoms with E-state index < -0.39 is 0 Å². The molecule has 2 aromatic heterocycles. The Morgan fingerprint density at radius 3 is 3.00 bits per heavy atom. The van der Waals surface area contributed by atoms with Gasteiger partial charge in [-0.3, -0.25) is 0 Å². The van der Waals surface area contributed by atoms with E-state index in [1.54, 1.807) is 6.20 Å². The average molecular weight is 244 g/mol. The minimum atomic E-state index is 0.705. The number of fused-ring (bicyclic) bond motifs is 1. The number of nitrogens with zero attached hydrogens (tertiary/aromatic N) is 1. The Morgan fingerprint density at radius 1 is 1.18 bits per heavy atom. The zero-order valence-corrected chi connectivity index (χ0v) is 9.70. The summed E-state index contributed by atoms with van der Waals surface area (Å²) in [6.45, 7) is 0. The van der Waals surface area contributed by atoms with E-state index in [4.69, 9.17) is 11.6 Å². The summed E-state index contributed by atoms with van der Waals surface area (Å²) in [6, 6.07) is 11.5. The fraction of sp³-hybridized carbons (Fsp3) is 0. The third kappa shape index (κ3) is 1.97. The second-order valence-electron chi connectivity index (χ2n) is 3.73. The fourth-order valence-corrected chi connectivity index (χ4v) is 1.98. The highest BCUT2D eigenvalue weighted by Gasteiger charge is 2.03. The minimum Gasteiger partial charge on any atom is -0.361 e. The SMILES string of the molecule is Clc1cccc(Nc2nccc3[nH]ccc23)c1. The zero-order valence-electron chi connectivity index (χ0n) is 8.94. The first-order chi connectivity index (χ1) is 8.33. The maximum absolute atomic E-state index is 5.94. The van der Waals surface area contributed by atoms with E-state index in [2.05, 4.69) is 15.3 Å². The number of aromatic amines is 1. The number of anilines is 2. The molecule has 17 heavy (non-hydrogen) atoms. The first-order valence-electron chi connectivity index (χ1n) is 5.27. The molecule has 3 nitrogen and oxygen atoms in total. The Morgan fingerprint density at radius 2 is 2.12 bits per heavy atom. The molecule has 2 N–H and O–H groups in total. The van der Waals surface area contributed by atoms with E-state index in [1.165, 1.54) is 0 Å². The summed E-state index contributed by atoms with van der Waals surface area (Å²) in [6.07, 6.45) is 3.67. The molecule has 0 unspecified atom stereocenters. The van der Waals surface area contributed by atoms with Crippen LogP contribution in [-0.2, 0) is 0 Å². The maximum Gasteiger partial charge on any atom is 0.139 e. The lowest BCUT2D eigenvalue weighted by Crippen LogP contribution is -1.93. The van der Waals surface area contributed by atoms with Gasteiger partial charge in [0, 0.05) is 28.5 Å². The topological polar surface area (TPSA) is 40.7 Å². The molecule has 0 fully saturated rings. The van der Waals surface area contributed by atoms with Crippen LogP contribution in [0, 0.1) is 0 Å². The van der Waals surface area contributed by atoms with Gasteiger partial charge >= 0.3 is 0 Å². The summed E-state index contributed by atoms with van der Waals surface area (Å²) >= 11 is 5.94. The number of hydrogen-bond acceptors (Lipinski definition) is 2. The van der Waals surface area contributed by atoms with Crippen molar-refractivity contribution in [2.75, 3.05) is 5.32 Å². The fourth-order valence-electron chi connectivity index (χ4n) is 1.79. The van der Waals surface area contributed by atoms with Crippen molar-refractivity contribution in [3.8, 4) is 0 Å². The predicted octanol–water partition coefficient (Wildman–Crippen LogP) is 3.96. The van der Waals surface area contributed by atoms with E-state index >= 15 is 0 Å². The van der Waals surface area contributed by atoms with Crippen molar-refractivity contribution >= 4 is 34.0 Å². The van der Waals surface area contributed by atoms with Crippen molar-refractivity contribution < 1.29 is 0 Å². The van der Waals surface area contributed by atoms with Crippen LogP contribution in [0.3, 0.4) is 0 Å². The van der Waals surface area contributed by atoms with Gasteiger partial charge in [0.25, 0.3) is 0 Å². The number of hydrogen-bond donors (Lipinski definition) is 2. The maximum atomic E-state index is 5.94. The third-order valence-electron chi connectivity index (χ3n) is 2.57. The Hall–Kier alpha value is -2.00. The number of halogens is 1. The average Bonchev–Trinajstić information content (AvgIpc) is 2.78. The molecular weight excluding hydrogens is 234 g/mol. The van der Waals surface area contributed by atoms with Crippen molar-refractivity contribution in [2.24, 2.45) is 0 Å². The van der Waals surface area contributed by atoms with Gasteiger partial charge in [-0.2, -0.15) is 0 Å². The Bertz CT molecular complexity index is 660. The van der Waals surface area contributed by atoms with Gasteiger partial charge in [-0.15, -0.1) is 0 Å². The van der Waals surface area contributed by atoms with Crippen molar-refractivity contribution in [3.63, 3.8) is 0 Å². The molecule has 0 radical (unpaired) electrons. The summed E-state index contributed by atoms with van der Waals surface area (Å²) in [5.74, 6) is 0.825. The van der Waals surface area contributed by atoms with Crippen LogP contribution in [0.2, 0.25) is 5.02 Å². The minimum absolute atomic E-state index is 0.705. The molecule has 0 spiro atoms.